The number of benzene rings is 2. The highest BCUT2D eigenvalue weighted by Gasteiger charge is 2.66. The highest BCUT2D eigenvalue weighted by atomic mass is 32.2. The zero-order chi connectivity index (χ0) is 30.2. The van der Waals surface area contributed by atoms with E-state index >= 15 is 0 Å². The van der Waals surface area contributed by atoms with Gasteiger partial charge in [0.05, 0.1) is 16.2 Å². The molecule has 2 aromatic carbocycles. The van der Waals surface area contributed by atoms with E-state index in [4.69, 9.17) is 0 Å². The van der Waals surface area contributed by atoms with Crippen LogP contribution in [0.5, 0.6) is 0 Å². The minimum Gasteiger partial charge on any atom is -0.507 e. The van der Waals surface area contributed by atoms with Gasteiger partial charge in [0.2, 0.25) is 10.0 Å². The normalized spacial score (nSPS) is 22.5. The highest BCUT2D eigenvalue weighted by Crippen LogP contribution is 2.53. The van der Waals surface area contributed by atoms with Crippen LogP contribution in [0, 0.1) is 0 Å². The molecule has 10 nitrogen and oxygen atoms in total. The largest absolute Gasteiger partial charge is 0.507 e. The van der Waals surface area contributed by atoms with Crippen LogP contribution in [-0.2, 0) is 29.9 Å². The Labute approximate surface area is 247 Å². The summed E-state index contributed by atoms with van der Waals surface area (Å²) in [4.78, 5) is 46.8. The molecule has 2 saturated heterocycles. The van der Waals surface area contributed by atoms with Crippen molar-refractivity contribution in [2.45, 2.75) is 49.5 Å². The smallest absolute Gasteiger partial charge is 0.296 e. The van der Waals surface area contributed by atoms with E-state index in [2.05, 4.69) is 0 Å². The Morgan fingerprint density at radius 1 is 0.976 bits per heavy atom. The van der Waals surface area contributed by atoms with E-state index in [1.165, 1.54) is 33.5 Å². The van der Waals surface area contributed by atoms with E-state index in [0.717, 1.165) is 19.3 Å². The lowest BCUT2D eigenvalue weighted by atomic mass is 9.82. The summed E-state index contributed by atoms with van der Waals surface area (Å²) < 4.78 is 28.3. The van der Waals surface area contributed by atoms with Gasteiger partial charge in [-0.3, -0.25) is 14.4 Å². The fraction of sp³-hybridized carbons (Fsp3) is 0.452. The third kappa shape index (κ3) is 4.73. The predicted octanol–water partition coefficient (Wildman–Crippen LogP) is 3.15. The Morgan fingerprint density at radius 3 is 2.38 bits per heavy atom. The van der Waals surface area contributed by atoms with Crippen molar-refractivity contribution in [1.29, 1.82) is 0 Å². The summed E-state index contributed by atoms with van der Waals surface area (Å²) in [5.74, 6) is -2.88. The number of para-hydroxylation sites is 1. The average Bonchev–Trinajstić information content (AvgIpc) is 3.36. The summed E-state index contributed by atoms with van der Waals surface area (Å²) in [7, 11) is -0.0491. The van der Waals surface area contributed by atoms with Gasteiger partial charge in [-0.1, -0.05) is 43.7 Å². The van der Waals surface area contributed by atoms with Crippen LogP contribution in [0.1, 0.15) is 50.2 Å². The van der Waals surface area contributed by atoms with Gasteiger partial charge in [-0.05, 0) is 64.5 Å². The molecule has 0 saturated carbocycles. The number of nitrogens with zero attached hydrogens (tertiary/aromatic N) is 4. The molecule has 0 bridgehead atoms. The van der Waals surface area contributed by atoms with Crippen molar-refractivity contribution >= 4 is 39.1 Å². The first-order valence-corrected chi connectivity index (χ1v) is 16.0. The third-order valence-corrected chi connectivity index (χ3v) is 10.2. The molecule has 0 aromatic heterocycles. The van der Waals surface area contributed by atoms with Crippen LogP contribution < -0.4 is 4.90 Å². The molecule has 1 N–H and O–H groups in total. The summed E-state index contributed by atoms with van der Waals surface area (Å²) in [6, 6.07) is 12.8. The third-order valence-electron chi connectivity index (χ3n) is 8.30. The van der Waals surface area contributed by atoms with E-state index in [9.17, 15) is 27.9 Å². The van der Waals surface area contributed by atoms with Gasteiger partial charge in [0.25, 0.3) is 17.6 Å². The molecule has 1 atom stereocenters. The van der Waals surface area contributed by atoms with Gasteiger partial charge in [-0.2, -0.15) is 4.31 Å². The minimum absolute atomic E-state index is 0.0199. The maximum absolute atomic E-state index is 14.5. The molecule has 3 heterocycles. The Balaban J connectivity index is 1.70. The lowest BCUT2D eigenvalue weighted by molar-refractivity contribution is -0.143. The van der Waals surface area contributed by atoms with E-state index in [-0.39, 0.29) is 22.6 Å². The van der Waals surface area contributed by atoms with Gasteiger partial charge in [0, 0.05) is 37.3 Å². The number of aliphatic hydroxyl groups excluding tert-OH is 1. The number of Topliss-reactive ketones (excluding diaryl/α,β-unsaturated/α-hetero) is 1. The molecule has 2 fully saturated rings. The first-order valence-electron chi connectivity index (χ1n) is 14.5. The number of anilines is 1. The van der Waals surface area contributed by atoms with Crippen molar-refractivity contribution in [2.75, 3.05) is 51.7 Å². The minimum atomic E-state index is -3.84. The summed E-state index contributed by atoms with van der Waals surface area (Å²) in [5.41, 5.74) is -1.11. The summed E-state index contributed by atoms with van der Waals surface area (Å²) in [6.45, 7) is 3.85. The Bertz CT molecular complexity index is 1550. The zero-order valence-electron chi connectivity index (χ0n) is 24.4. The summed E-state index contributed by atoms with van der Waals surface area (Å²) >= 11 is 0. The molecule has 0 aliphatic carbocycles. The van der Waals surface area contributed by atoms with Crippen molar-refractivity contribution in [3.63, 3.8) is 0 Å². The second-order valence-electron chi connectivity index (χ2n) is 11.3. The number of aliphatic hydroxyl groups is 1. The molecule has 0 unspecified atom stereocenters. The van der Waals surface area contributed by atoms with Crippen LogP contribution >= 0.6 is 0 Å². The van der Waals surface area contributed by atoms with Gasteiger partial charge in [0.1, 0.15) is 5.76 Å². The fourth-order valence-corrected chi connectivity index (χ4v) is 7.92. The van der Waals surface area contributed by atoms with Gasteiger partial charge in [-0.25, -0.2) is 8.42 Å². The van der Waals surface area contributed by atoms with Crippen molar-refractivity contribution in [2.24, 2.45) is 0 Å². The van der Waals surface area contributed by atoms with Crippen LogP contribution in [0.3, 0.4) is 0 Å². The maximum atomic E-state index is 14.5. The van der Waals surface area contributed by atoms with Crippen molar-refractivity contribution in [1.82, 2.24) is 14.1 Å². The number of hydrogen-bond donors (Lipinski definition) is 1. The monoisotopic (exact) mass is 594 g/mol. The molecular formula is C31H38N4O6S. The number of hydrogen-bond acceptors (Lipinski definition) is 7. The molecule has 3 aliphatic heterocycles. The Kier molecular flexibility index (Phi) is 8.28. The van der Waals surface area contributed by atoms with E-state index in [0.29, 0.717) is 50.3 Å². The molecule has 11 heteroatoms. The number of rotatable bonds is 9. The fourth-order valence-electron chi connectivity index (χ4n) is 6.36. The number of piperidine rings is 1. The molecule has 3 aliphatic rings. The first kappa shape index (κ1) is 29.9. The lowest BCUT2D eigenvalue weighted by Gasteiger charge is -2.34. The molecule has 5 rings (SSSR count). The predicted molar refractivity (Wildman–Crippen MR) is 159 cm³/mol. The average molecular weight is 595 g/mol. The number of sulfonamides is 1. The van der Waals surface area contributed by atoms with Crippen LogP contribution in [0.2, 0.25) is 0 Å². The molecule has 1 spiro atoms. The Morgan fingerprint density at radius 2 is 1.69 bits per heavy atom. The molecule has 42 heavy (non-hydrogen) atoms. The number of likely N-dealkylation sites (tertiary alicyclic amines) is 1. The van der Waals surface area contributed by atoms with Gasteiger partial charge in [0.15, 0.2) is 5.54 Å². The number of carbonyl (C=O) groups is 3. The second-order valence-corrected chi connectivity index (χ2v) is 13.3. The van der Waals surface area contributed by atoms with Gasteiger partial charge >= 0.3 is 0 Å². The van der Waals surface area contributed by atoms with Gasteiger partial charge in [-0.15, -0.1) is 0 Å². The van der Waals surface area contributed by atoms with Crippen LogP contribution in [0.25, 0.3) is 5.76 Å². The molecule has 0 radical (unpaired) electrons. The second kappa shape index (κ2) is 11.6. The molecule has 2 aromatic rings. The molecule has 2 amide bonds. The number of fused-ring (bicyclic) bond motifs is 2. The summed E-state index contributed by atoms with van der Waals surface area (Å²) in [6.07, 6.45) is 3.64. The standard InChI is InChI=1S/C31H38N4O6S/c1-4-16-34-25-15-7-6-14-24(25)31(30(34)39)26(28(37)29(38)35(31)20-11-17-32(2)3)27(36)22-12-10-13-23(21-22)42(40,41)33-18-8-5-9-19-33/h6-7,10,12-15,21,36H,4-5,8-9,11,16-20H2,1-3H3/t31-/m0/s1. The Hall–Kier alpha value is -3.54. The van der Waals surface area contributed by atoms with Crippen molar-refractivity contribution in [3.05, 3.63) is 65.2 Å². The molecular weight excluding hydrogens is 556 g/mol. The zero-order valence-corrected chi connectivity index (χ0v) is 25.2. The van der Waals surface area contributed by atoms with E-state index in [1.807, 2.05) is 25.9 Å². The summed E-state index contributed by atoms with van der Waals surface area (Å²) in [5, 5.41) is 11.8. The maximum Gasteiger partial charge on any atom is 0.296 e. The van der Waals surface area contributed by atoms with Crippen molar-refractivity contribution < 1.29 is 27.9 Å². The lowest BCUT2D eigenvalue weighted by Crippen LogP contribution is -2.52. The SMILES string of the molecule is CCCN1C(=O)[C@@]2(C(=C(O)c3cccc(S(=O)(=O)N4CCCCC4)c3)C(=O)C(=O)N2CCCN(C)C)c2ccccc21. The number of ketones is 1. The highest BCUT2D eigenvalue weighted by molar-refractivity contribution is 7.89. The van der Waals surface area contributed by atoms with Crippen LogP contribution in [0.15, 0.2) is 59.0 Å². The topological polar surface area (TPSA) is 119 Å². The van der Waals surface area contributed by atoms with Crippen molar-refractivity contribution in [3.8, 4) is 0 Å². The number of carbonyl (C=O) groups excluding carboxylic acids is 3. The number of amides is 2. The van der Waals surface area contributed by atoms with Gasteiger partial charge < -0.3 is 19.8 Å². The molecule has 224 valence electrons. The van der Waals surface area contributed by atoms with E-state index < -0.39 is 38.9 Å². The quantitative estimate of drug-likeness (QED) is 0.269. The first-order chi connectivity index (χ1) is 20.1. The van der Waals surface area contributed by atoms with Crippen LogP contribution in [0.4, 0.5) is 5.69 Å². The van der Waals surface area contributed by atoms with Crippen LogP contribution in [-0.4, -0.2) is 92.0 Å². The van der Waals surface area contributed by atoms with E-state index in [1.54, 1.807) is 29.2 Å².